The first-order valence-corrected chi connectivity index (χ1v) is 11.4. The van der Waals surface area contributed by atoms with Crippen molar-refractivity contribution >= 4 is 11.9 Å². The minimum absolute atomic E-state index is 0.101. The van der Waals surface area contributed by atoms with Gasteiger partial charge >= 0.3 is 5.97 Å². The number of aliphatic hydroxyl groups excluding tert-OH is 1. The summed E-state index contributed by atoms with van der Waals surface area (Å²) >= 11 is 0. The van der Waals surface area contributed by atoms with Crippen LogP contribution in [0.3, 0.4) is 0 Å². The fourth-order valence-electron chi connectivity index (χ4n) is 5.13. The molecule has 2 N–H and O–H groups in total. The Hall–Kier alpha value is -2.14. The van der Waals surface area contributed by atoms with Crippen LogP contribution in [0.25, 0.3) is 0 Å². The van der Waals surface area contributed by atoms with Crippen LogP contribution in [0.1, 0.15) is 73.7 Å². The summed E-state index contributed by atoms with van der Waals surface area (Å²) in [6.45, 7) is 0.633. The Morgan fingerprint density at radius 3 is 2.53 bits per heavy atom. The maximum absolute atomic E-state index is 12.4. The number of benzene rings is 1. The molecule has 1 heterocycles. The van der Waals surface area contributed by atoms with Crippen LogP contribution in [0, 0.1) is 11.3 Å². The molecule has 4 rings (SSSR count). The van der Waals surface area contributed by atoms with Gasteiger partial charge in [0.15, 0.2) is 0 Å². The van der Waals surface area contributed by atoms with Gasteiger partial charge in [-0.25, -0.2) is 4.79 Å². The average molecular weight is 412 g/mol. The molecule has 2 saturated carbocycles. The van der Waals surface area contributed by atoms with Gasteiger partial charge in [-0.05, 0) is 67.6 Å². The van der Waals surface area contributed by atoms with E-state index in [2.05, 4.69) is 12.2 Å². The minimum Gasteiger partial charge on any atom is -0.478 e. The highest BCUT2D eigenvalue weighted by Crippen LogP contribution is 2.53. The number of carbonyl (C=O) groups excluding carboxylic acids is 1. The van der Waals surface area contributed by atoms with Crippen LogP contribution < -0.4 is 0 Å². The second-order valence-electron chi connectivity index (χ2n) is 9.49. The van der Waals surface area contributed by atoms with Crippen molar-refractivity contribution in [2.24, 2.45) is 11.3 Å². The Balaban J connectivity index is 1.29. The highest BCUT2D eigenvalue weighted by molar-refractivity contribution is 5.87. The van der Waals surface area contributed by atoms with Crippen LogP contribution >= 0.6 is 0 Å². The maximum Gasteiger partial charge on any atom is 0.335 e. The van der Waals surface area contributed by atoms with Crippen molar-refractivity contribution in [3.63, 3.8) is 0 Å². The van der Waals surface area contributed by atoms with Crippen molar-refractivity contribution < 1.29 is 19.8 Å². The third-order valence-corrected chi connectivity index (χ3v) is 7.38. The van der Waals surface area contributed by atoms with E-state index in [9.17, 15) is 14.7 Å². The van der Waals surface area contributed by atoms with E-state index >= 15 is 0 Å². The molecule has 1 saturated heterocycles. The number of hydrogen-bond donors (Lipinski definition) is 2. The topological polar surface area (TPSA) is 77.8 Å². The fourth-order valence-corrected chi connectivity index (χ4v) is 5.13. The van der Waals surface area contributed by atoms with E-state index < -0.39 is 5.97 Å². The smallest absolute Gasteiger partial charge is 0.335 e. The first-order valence-electron chi connectivity index (χ1n) is 11.4. The molecule has 5 heteroatoms. The highest BCUT2D eigenvalue weighted by Gasteiger charge is 2.46. The lowest BCUT2D eigenvalue weighted by molar-refractivity contribution is -0.128. The normalized spacial score (nSPS) is 24.2. The first kappa shape index (κ1) is 21.1. The molecule has 2 aliphatic carbocycles. The quantitative estimate of drug-likeness (QED) is 0.566. The molecule has 3 fully saturated rings. The molecule has 2 atom stereocenters. The number of aromatic carboxylic acids is 1. The summed E-state index contributed by atoms with van der Waals surface area (Å²) in [7, 11) is 0. The maximum atomic E-state index is 12.4. The second kappa shape index (κ2) is 8.93. The van der Waals surface area contributed by atoms with Crippen LogP contribution in [0.15, 0.2) is 36.4 Å². The number of carboxylic acids is 1. The van der Waals surface area contributed by atoms with Gasteiger partial charge in [0.2, 0.25) is 5.91 Å². The van der Waals surface area contributed by atoms with E-state index in [1.165, 1.54) is 25.7 Å². The molecule has 0 bridgehead atoms. The van der Waals surface area contributed by atoms with Gasteiger partial charge in [-0.1, -0.05) is 43.5 Å². The Morgan fingerprint density at radius 2 is 1.93 bits per heavy atom. The molecule has 1 aromatic carbocycles. The molecule has 0 aromatic heterocycles. The number of amides is 1. The van der Waals surface area contributed by atoms with Crippen molar-refractivity contribution in [3.05, 3.63) is 47.5 Å². The Labute approximate surface area is 178 Å². The van der Waals surface area contributed by atoms with Gasteiger partial charge in [0.1, 0.15) is 0 Å². The zero-order valence-electron chi connectivity index (χ0n) is 17.6. The number of carboxylic acid groups (broad SMARTS) is 1. The van der Waals surface area contributed by atoms with Gasteiger partial charge in [0.05, 0.1) is 17.7 Å². The second-order valence-corrected chi connectivity index (χ2v) is 9.49. The Morgan fingerprint density at radius 1 is 1.20 bits per heavy atom. The summed E-state index contributed by atoms with van der Waals surface area (Å²) in [5.41, 5.74) is 1.46. The number of nitrogens with zero attached hydrogens (tertiary/aromatic N) is 1. The molecule has 162 valence electrons. The van der Waals surface area contributed by atoms with Crippen LogP contribution in [0.5, 0.6) is 0 Å². The lowest BCUT2D eigenvalue weighted by atomic mass is 9.61. The van der Waals surface area contributed by atoms with Gasteiger partial charge in [-0.2, -0.15) is 0 Å². The molecule has 30 heavy (non-hydrogen) atoms. The molecule has 0 radical (unpaired) electrons. The standard InChI is InChI=1S/C25H33NO4/c27-22(25(14-2-15-25)17-19-5-6-19)4-1-3-21-11-12-23(28)26(21)16-13-18-7-9-20(10-8-18)24(29)30/h1,3,7-10,19,21-22,27H,2,4-6,11-17H2,(H,29,30)/b3-1+/t21-,22+/m0/s1. The van der Waals surface area contributed by atoms with E-state index in [1.54, 1.807) is 12.1 Å². The average Bonchev–Trinajstić information content (AvgIpc) is 3.46. The van der Waals surface area contributed by atoms with Crippen molar-refractivity contribution in [1.82, 2.24) is 4.90 Å². The summed E-state index contributed by atoms with van der Waals surface area (Å²) in [5, 5.41) is 19.8. The summed E-state index contributed by atoms with van der Waals surface area (Å²) < 4.78 is 0. The first-order chi connectivity index (χ1) is 14.5. The lowest BCUT2D eigenvalue weighted by Gasteiger charge is -2.46. The predicted octanol–water partition coefficient (Wildman–Crippen LogP) is 4.20. The van der Waals surface area contributed by atoms with Crippen molar-refractivity contribution in [2.45, 2.75) is 76.4 Å². The number of hydrogen-bond acceptors (Lipinski definition) is 3. The van der Waals surface area contributed by atoms with Gasteiger partial charge < -0.3 is 15.1 Å². The van der Waals surface area contributed by atoms with Crippen LogP contribution in [-0.4, -0.2) is 45.7 Å². The summed E-state index contributed by atoms with van der Waals surface area (Å²) in [5.74, 6) is 0.0949. The predicted molar refractivity (Wildman–Crippen MR) is 115 cm³/mol. The number of carbonyl (C=O) groups is 2. The Bertz CT molecular complexity index is 792. The number of rotatable bonds is 10. The minimum atomic E-state index is -0.926. The Kier molecular flexibility index (Phi) is 6.28. The van der Waals surface area contributed by atoms with Crippen molar-refractivity contribution in [3.8, 4) is 0 Å². The van der Waals surface area contributed by atoms with E-state index in [1.807, 2.05) is 17.0 Å². The molecular formula is C25H33NO4. The third kappa shape index (κ3) is 4.77. The van der Waals surface area contributed by atoms with E-state index in [4.69, 9.17) is 5.11 Å². The molecular weight excluding hydrogens is 378 g/mol. The summed E-state index contributed by atoms with van der Waals surface area (Å²) in [6.07, 6.45) is 14.2. The number of likely N-dealkylation sites (tertiary alicyclic amines) is 1. The molecule has 1 aromatic rings. The van der Waals surface area contributed by atoms with Crippen LogP contribution in [0.2, 0.25) is 0 Å². The monoisotopic (exact) mass is 411 g/mol. The van der Waals surface area contributed by atoms with Crippen molar-refractivity contribution in [1.29, 1.82) is 0 Å². The highest BCUT2D eigenvalue weighted by atomic mass is 16.4. The SMILES string of the molecule is O=C(O)c1ccc(CCN2C(=O)CC[C@@H]2/C=C/C[C@@H](O)C2(CC3CC3)CCC2)cc1. The van der Waals surface area contributed by atoms with Crippen LogP contribution in [-0.2, 0) is 11.2 Å². The lowest BCUT2D eigenvalue weighted by Crippen LogP contribution is -2.41. The fraction of sp³-hybridized carbons (Fsp3) is 0.600. The van der Waals surface area contributed by atoms with Crippen LogP contribution in [0.4, 0.5) is 0 Å². The summed E-state index contributed by atoms with van der Waals surface area (Å²) in [4.78, 5) is 25.3. The van der Waals surface area contributed by atoms with Gasteiger partial charge in [0.25, 0.3) is 0 Å². The molecule has 0 spiro atoms. The zero-order valence-corrected chi connectivity index (χ0v) is 17.6. The zero-order chi connectivity index (χ0) is 21.1. The van der Waals surface area contributed by atoms with E-state index in [-0.39, 0.29) is 29.0 Å². The van der Waals surface area contributed by atoms with E-state index in [0.717, 1.165) is 30.7 Å². The number of aliphatic hydroxyl groups is 1. The molecule has 5 nitrogen and oxygen atoms in total. The molecule has 1 aliphatic heterocycles. The molecule has 0 unspecified atom stereocenters. The molecule has 3 aliphatic rings. The van der Waals surface area contributed by atoms with Gasteiger partial charge in [-0.15, -0.1) is 0 Å². The molecule has 1 amide bonds. The summed E-state index contributed by atoms with van der Waals surface area (Å²) in [6, 6.07) is 6.97. The van der Waals surface area contributed by atoms with Gasteiger partial charge in [0, 0.05) is 13.0 Å². The van der Waals surface area contributed by atoms with Gasteiger partial charge in [-0.3, -0.25) is 4.79 Å². The largest absolute Gasteiger partial charge is 0.478 e. The van der Waals surface area contributed by atoms with E-state index in [0.29, 0.717) is 25.8 Å². The third-order valence-electron chi connectivity index (χ3n) is 7.38. The van der Waals surface area contributed by atoms with Crippen molar-refractivity contribution in [2.75, 3.05) is 6.54 Å².